The Morgan fingerprint density at radius 3 is 2.56 bits per heavy atom. The highest BCUT2D eigenvalue weighted by atomic mass is 16.3. The average molecular weight is 458 g/mol. The molecular weight excluding hydrogens is 430 g/mol. The average Bonchev–Trinajstić information content (AvgIpc) is 2.85. The number of benzene rings is 1. The van der Waals surface area contributed by atoms with Gasteiger partial charge in [-0.1, -0.05) is 25.1 Å². The van der Waals surface area contributed by atoms with E-state index in [2.05, 4.69) is 42.5 Å². The van der Waals surface area contributed by atoms with Crippen molar-refractivity contribution in [2.75, 3.05) is 18.9 Å². The van der Waals surface area contributed by atoms with Crippen LogP contribution in [0.3, 0.4) is 0 Å². The molecule has 0 aliphatic carbocycles. The van der Waals surface area contributed by atoms with Crippen molar-refractivity contribution in [2.45, 2.75) is 32.3 Å². The Hall–Kier alpha value is -3.98. The number of carbonyl (C=O) groups is 1. The second-order valence-electron chi connectivity index (χ2n) is 8.61. The molecule has 0 bridgehead atoms. The Bertz CT molecular complexity index is 1320. The zero-order valence-corrected chi connectivity index (χ0v) is 19.6. The number of amides is 1. The molecule has 4 aromatic rings. The molecule has 3 aromatic heterocycles. The molecule has 0 spiro atoms. The lowest BCUT2D eigenvalue weighted by Crippen LogP contribution is -2.19. The molecule has 1 aromatic carbocycles. The van der Waals surface area contributed by atoms with E-state index in [1.807, 2.05) is 24.3 Å². The number of hydrogen-bond donors (Lipinski definition) is 3. The van der Waals surface area contributed by atoms with Gasteiger partial charge in [0, 0.05) is 55.1 Å². The summed E-state index contributed by atoms with van der Waals surface area (Å²) in [6.45, 7) is 5.98. The van der Waals surface area contributed by atoms with Crippen LogP contribution < -0.4 is 10.6 Å². The molecule has 34 heavy (non-hydrogen) atoms. The smallest absolute Gasteiger partial charge is 0.251 e. The van der Waals surface area contributed by atoms with E-state index in [0.717, 1.165) is 22.0 Å². The zero-order valence-electron chi connectivity index (χ0n) is 19.6. The van der Waals surface area contributed by atoms with Crippen LogP contribution in [0.1, 0.15) is 48.4 Å². The first-order chi connectivity index (χ1) is 16.3. The number of aromatic nitrogens is 5. The number of rotatable bonds is 7. The van der Waals surface area contributed by atoms with Crippen molar-refractivity contribution in [1.82, 2.24) is 30.2 Å². The third-order valence-electron chi connectivity index (χ3n) is 5.56. The minimum absolute atomic E-state index is 0.101. The summed E-state index contributed by atoms with van der Waals surface area (Å²) >= 11 is 0. The van der Waals surface area contributed by atoms with Gasteiger partial charge in [-0.25, -0.2) is 19.9 Å². The third kappa shape index (κ3) is 4.84. The van der Waals surface area contributed by atoms with Crippen LogP contribution in [0.25, 0.3) is 22.2 Å². The molecule has 0 fully saturated rings. The monoisotopic (exact) mass is 457 g/mol. The molecule has 1 atom stereocenters. The van der Waals surface area contributed by atoms with E-state index >= 15 is 0 Å². The number of anilines is 1. The summed E-state index contributed by atoms with van der Waals surface area (Å²) in [6, 6.07) is 9.46. The predicted molar refractivity (Wildman–Crippen MR) is 130 cm³/mol. The number of aliphatic hydroxyl groups is 1. The van der Waals surface area contributed by atoms with Gasteiger partial charge in [-0.2, -0.15) is 0 Å². The Balaban J connectivity index is 1.52. The van der Waals surface area contributed by atoms with Crippen molar-refractivity contribution in [3.05, 3.63) is 72.2 Å². The lowest BCUT2D eigenvalue weighted by molar-refractivity contribution is 0.0687. The van der Waals surface area contributed by atoms with Crippen molar-refractivity contribution in [1.29, 1.82) is 0 Å². The molecule has 4 rings (SSSR count). The first-order valence-electron chi connectivity index (χ1n) is 11.0. The van der Waals surface area contributed by atoms with Crippen LogP contribution in [0.5, 0.6) is 0 Å². The lowest BCUT2D eigenvalue weighted by atomic mass is 9.96. The van der Waals surface area contributed by atoms with Gasteiger partial charge >= 0.3 is 0 Å². The number of pyridine rings is 1. The molecule has 0 saturated carbocycles. The normalized spacial score (nSPS) is 12.4. The molecule has 3 heterocycles. The standard InChI is InChI=1S/C25H27N7O2/c1-15(17-6-5-7-18-19(23(33)26-4)8-9-27-22(17)18)11-28-21-10-20(31-14-32-21)16-12-29-24(30-13-16)25(2,3)34/h5-10,12-15,34H,11H2,1-4H3,(H,26,33)(H,28,31,32). The van der Waals surface area contributed by atoms with E-state index < -0.39 is 5.60 Å². The van der Waals surface area contributed by atoms with Gasteiger partial charge in [0.2, 0.25) is 0 Å². The van der Waals surface area contributed by atoms with E-state index in [4.69, 9.17) is 0 Å². The topological polar surface area (TPSA) is 126 Å². The van der Waals surface area contributed by atoms with Gasteiger partial charge in [-0.3, -0.25) is 9.78 Å². The molecule has 0 radical (unpaired) electrons. The third-order valence-corrected chi connectivity index (χ3v) is 5.56. The second-order valence-corrected chi connectivity index (χ2v) is 8.61. The number of nitrogens with one attached hydrogen (secondary N) is 2. The lowest BCUT2D eigenvalue weighted by Gasteiger charge is -2.17. The number of fused-ring (bicyclic) bond motifs is 1. The van der Waals surface area contributed by atoms with E-state index in [1.165, 1.54) is 6.33 Å². The van der Waals surface area contributed by atoms with Crippen molar-refractivity contribution in [2.24, 2.45) is 0 Å². The summed E-state index contributed by atoms with van der Waals surface area (Å²) in [4.78, 5) is 33.9. The van der Waals surface area contributed by atoms with Crippen molar-refractivity contribution in [3.8, 4) is 11.3 Å². The van der Waals surface area contributed by atoms with Crippen molar-refractivity contribution >= 4 is 22.6 Å². The SMILES string of the molecule is CNC(=O)c1ccnc2c(C(C)CNc3cc(-c4cnc(C(C)(C)O)nc4)ncn3)cccc12. The number of hydrogen-bond acceptors (Lipinski definition) is 8. The molecular formula is C25H27N7O2. The molecule has 1 unspecified atom stereocenters. The van der Waals surface area contributed by atoms with E-state index in [9.17, 15) is 9.90 Å². The molecule has 1 amide bonds. The van der Waals surface area contributed by atoms with Crippen molar-refractivity contribution in [3.63, 3.8) is 0 Å². The van der Waals surface area contributed by atoms with Crippen LogP contribution in [-0.2, 0) is 5.60 Å². The van der Waals surface area contributed by atoms with Gasteiger partial charge in [0.15, 0.2) is 5.82 Å². The Morgan fingerprint density at radius 1 is 1.09 bits per heavy atom. The first-order valence-corrected chi connectivity index (χ1v) is 11.0. The quantitative estimate of drug-likeness (QED) is 0.386. The summed E-state index contributed by atoms with van der Waals surface area (Å²) in [5.41, 5.74) is 2.75. The van der Waals surface area contributed by atoms with Crippen LogP contribution in [0.15, 0.2) is 55.2 Å². The Morgan fingerprint density at radius 2 is 1.85 bits per heavy atom. The molecule has 3 N–H and O–H groups in total. The molecule has 9 heteroatoms. The largest absolute Gasteiger partial charge is 0.382 e. The van der Waals surface area contributed by atoms with Gasteiger partial charge < -0.3 is 15.7 Å². The summed E-state index contributed by atoms with van der Waals surface area (Å²) in [6.07, 6.45) is 6.43. The highest BCUT2D eigenvalue weighted by molar-refractivity contribution is 6.06. The van der Waals surface area contributed by atoms with E-state index in [0.29, 0.717) is 29.4 Å². The molecule has 9 nitrogen and oxygen atoms in total. The fourth-order valence-corrected chi connectivity index (χ4v) is 3.68. The second kappa shape index (κ2) is 9.48. The molecule has 0 aliphatic rings. The summed E-state index contributed by atoms with van der Waals surface area (Å²) in [7, 11) is 1.62. The maximum Gasteiger partial charge on any atom is 0.251 e. The van der Waals surface area contributed by atoms with Gasteiger partial charge in [0.05, 0.1) is 16.8 Å². The van der Waals surface area contributed by atoms with Gasteiger partial charge in [0.1, 0.15) is 17.7 Å². The Labute approximate surface area is 197 Å². The van der Waals surface area contributed by atoms with E-state index in [1.54, 1.807) is 45.6 Å². The summed E-state index contributed by atoms with van der Waals surface area (Å²) in [5.74, 6) is 0.982. The summed E-state index contributed by atoms with van der Waals surface area (Å²) in [5, 5.41) is 16.9. The fraction of sp³-hybridized carbons (Fsp3) is 0.280. The number of nitrogens with zero attached hydrogens (tertiary/aromatic N) is 5. The molecule has 0 saturated heterocycles. The van der Waals surface area contributed by atoms with Gasteiger partial charge in [-0.15, -0.1) is 0 Å². The fourth-order valence-electron chi connectivity index (χ4n) is 3.68. The van der Waals surface area contributed by atoms with Crippen LogP contribution in [0.4, 0.5) is 5.82 Å². The minimum Gasteiger partial charge on any atom is -0.382 e. The minimum atomic E-state index is -1.11. The molecule has 0 aliphatic heterocycles. The first kappa shape index (κ1) is 23.2. The Kier molecular flexibility index (Phi) is 6.47. The highest BCUT2D eigenvalue weighted by Crippen LogP contribution is 2.27. The van der Waals surface area contributed by atoms with Gasteiger partial charge in [-0.05, 0) is 25.5 Å². The predicted octanol–water partition coefficient (Wildman–Crippen LogP) is 3.28. The molecule has 174 valence electrons. The number of para-hydroxylation sites is 1. The van der Waals surface area contributed by atoms with Gasteiger partial charge in [0.25, 0.3) is 5.91 Å². The maximum atomic E-state index is 12.2. The summed E-state index contributed by atoms with van der Waals surface area (Å²) < 4.78 is 0. The highest BCUT2D eigenvalue weighted by Gasteiger charge is 2.19. The van der Waals surface area contributed by atoms with Crippen LogP contribution >= 0.6 is 0 Å². The zero-order chi connectivity index (χ0) is 24.3. The number of carbonyl (C=O) groups excluding carboxylic acids is 1. The maximum absolute atomic E-state index is 12.2. The van der Waals surface area contributed by atoms with Crippen LogP contribution in [-0.4, -0.2) is 49.5 Å². The van der Waals surface area contributed by atoms with Crippen LogP contribution in [0, 0.1) is 0 Å². The van der Waals surface area contributed by atoms with Crippen molar-refractivity contribution < 1.29 is 9.90 Å². The van der Waals surface area contributed by atoms with Crippen LogP contribution in [0.2, 0.25) is 0 Å². The van der Waals surface area contributed by atoms with E-state index in [-0.39, 0.29) is 11.8 Å².